The van der Waals surface area contributed by atoms with E-state index in [0.717, 1.165) is 0 Å². The van der Waals surface area contributed by atoms with Crippen LogP contribution in [0.2, 0.25) is 0 Å². The summed E-state index contributed by atoms with van der Waals surface area (Å²) in [7, 11) is -4.24. The first kappa shape index (κ1) is 34.4. The number of para-hydroxylation sites is 1. The first-order valence-electron chi connectivity index (χ1n) is 14.5. The smallest absolute Gasteiger partial charge is 0.387 e. The third-order valence-corrected chi connectivity index (χ3v) is 8.53. The van der Waals surface area contributed by atoms with Gasteiger partial charge >= 0.3 is 12.6 Å². The van der Waals surface area contributed by atoms with Gasteiger partial charge in [0.15, 0.2) is 9.84 Å². The summed E-state index contributed by atoms with van der Waals surface area (Å²) in [5, 5.41) is 12.8. The van der Waals surface area contributed by atoms with Crippen LogP contribution in [-0.2, 0) is 25.1 Å². The van der Waals surface area contributed by atoms with Gasteiger partial charge in [-0.25, -0.2) is 13.2 Å². The van der Waals surface area contributed by atoms with Gasteiger partial charge < -0.3 is 29.4 Å². The molecule has 2 atom stereocenters. The van der Waals surface area contributed by atoms with Crippen molar-refractivity contribution in [3.05, 3.63) is 60.2 Å². The van der Waals surface area contributed by atoms with E-state index in [0.29, 0.717) is 18.4 Å². The number of hydrogen-bond acceptors (Lipinski definition) is 11. The van der Waals surface area contributed by atoms with Gasteiger partial charge in [0.25, 0.3) is 5.89 Å². The van der Waals surface area contributed by atoms with E-state index in [1.54, 1.807) is 12.1 Å². The number of amides is 3. The van der Waals surface area contributed by atoms with E-state index < -0.39 is 57.8 Å². The second-order valence-electron chi connectivity index (χ2n) is 10.4. The van der Waals surface area contributed by atoms with Crippen LogP contribution in [0.1, 0.15) is 42.4 Å². The number of morpholine rings is 1. The molecule has 0 spiro atoms. The predicted molar refractivity (Wildman–Crippen MR) is 159 cm³/mol. The first-order chi connectivity index (χ1) is 22.1. The maximum Gasteiger partial charge on any atom is 0.387 e. The zero-order valence-electron chi connectivity index (χ0n) is 24.9. The van der Waals surface area contributed by atoms with Crippen LogP contribution in [0.15, 0.2) is 53.2 Å². The SMILES string of the molecule is CCCCC(NC(=O)C(CS(=O)(=O)Cc1ccccc1OC(F)F)NC(=O)N1CCOCC1)C(=O)c1nnc(-c2ccncc2)o1. The number of ether oxygens (including phenoxy) is 2. The monoisotopic (exact) mass is 664 g/mol. The Hall–Kier alpha value is -4.51. The molecule has 46 heavy (non-hydrogen) atoms. The third-order valence-electron chi connectivity index (χ3n) is 6.94. The molecule has 0 bridgehead atoms. The normalized spacial score (nSPS) is 14.8. The number of halogens is 2. The second kappa shape index (κ2) is 16.2. The van der Waals surface area contributed by atoms with Crippen molar-refractivity contribution in [2.45, 2.75) is 50.6 Å². The number of benzene rings is 1. The van der Waals surface area contributed by atoms with Gasteiger partial charge in [0.1, 0.15) is 11.8 Å². The summed E-state index contributed by atoms with van der Waals surface area (Å²) in [6, 6.07) is 5.02. The van der Waals surface area contributed by atoms with Crippen LogP contribution in [0.4, 0.5) is 13.6 Å². The maximum absolute atomic E-state index is 13.7. The predicted octanol–water partition coefficient (Wildman–Crippen LogP) is 2.62. The highest BCUT2D eigenvalue weighted by molar-refractivity contribution is 7.90. The number of rotatable bonds is 15. The van der Waals surface area contributed by atoms with Gasteiger partial charge in [0.05, 0.1) is 30.8 Å². The van der Waals surface area contributed by atoms with E-state index in [9.17, 15) is 31.6 Å². The van der Waals surface area contributed by atoms with Gasteiger partial charge in [-0.3, -0.25) is 14.6 Å². The summed E-state index contributed by atoms with van der Waals surface area (Å²) < 4.78 is 67.8. The van der Waals surface area contributed by atoms with E-state index in [4.69, 9.17) is 9.15 Å². The number of ketones is 1. The van der Waals surface area contributed by atoms with Crippen LogP contribution in [0.3, 0.4) is 0 Å². The molecule has 0 radical (unpaired) electrons. The van der Waals surface area contributed by atoms with Crippen LogP contribution in [0.5, 0.6) is 5.75 Å². The Labute approximate surface area is 263 Å². The Morgan fingerprint density at radius 1 is 1.02 bits per heavy atom. The largest absolute Gasteiger partial charge is 0.435 e. The van der Waals surface area contributed by atoms with Crippen molar-refractivity contribution >= 4 is 27.6 Å². The van der Waals surface area contributed by atoms with Gasteiger partial charge in [0.2, 0.25) is 17.6 Å². The highest BCUT2D eigenvalue weighted by atomic mass is 32.2. The van der Waals surface area contributed by atoms with Crippen LogP contribution in [0, 0.1) is 0 Å². The number of sulfone groups is 1. The van der Waals surface area contributed by atoms with E-state index in [1.165, 1.54) is 41.6 Å². The molecule has 0 saturated carbocycles. The van der Waals surface area contributed by atoms with Crippen molar-refractivity contribution in [3.8, 4) is 17.2 Å². The van der Waals surface area contributed by atoms with Crippen molar-refractivity contribution in [2.75, 3.05) is 32.1 Å². The number of carbonyl (C=O) groups excluding carboxylic acids is 3. The van der Waals surface area contributed by atoms with Crippen LogP contribution >= 0.6 is 0 Å². The molecular formula is C29H34F2N6O8S. The molecule has 1 aromatic carbocycles. The summed E-state index contributed by atoms with van der Waals surface area (Å²) in [6.07, 6.45) is 4.34. The Morgan fingerprint density at radius 2 is 1.74 bits per heavy atom. The summed E-state index contributed by atoms with van der Waals surface area (Å²) in [5.74, 6) is -3.96. The van der Waals surface area contributed by atoms with Crippen LogP contribution < -0.4 is 15.4 Å². The number of unbranched alkanes of at least 4 members (excludes halogenated alkanes) is 1. The summed E-state index contributed by atoms with van der Waals surface area (Å²) in [4.78, 5) is 45.4. The summed E-state index contributed by atoms with van der Waals surface area (Å²) >= 11 is 0. The minimum absolute atomic E-state index is 0.0566. The second-order valence-corrected chi connectivity index (χ2v) is 12.5. The molecular weight excluding hydrogens is 630 g/mol. The molecule has 3 heterocycles. The molecule has 3 amide bonds. The number of aromatic nitrogens is 3. The molecule has 4 rings (SSSR count). The lowest BCUT2D eigenvalue weighted by atomic mass is 10.0. The molecule has 248 valence electrons. The molecule has 1 aliphatic heterocycles. The number of urea groups is 1. The lowest BCUT2D eigenvalue weighted by Crippen LogP contribution is -2.57. The Balaban J connectivity index is 1.56. The molecule has 2 aromatic heterocycles. The number of pyridine rings is 1. The first-order valence-corrected chi connectivity index (χ1v) is 16.3. The number of Topliss-reactive ketones (excluding diaryl/α,β-unsaturated/α-hetero) is 1. The molecule has 14 nitrogen and oxygen atoms in total. The van der Waals surface area contributed by atoms with E-state index >= 15 is 0 Å². The highest BCUT2D eigenvalue weighted by Gasteiger charge is 2.34. The standard InChI is InChI=1S/C29H34F2N6O8S/c1-2-3-7-21(24(38)27-36-35-26(45-27)19-9-11-32-12-10-19)33-25(39)22(34-29(40)37-13-15-43-16-14-37)18-46(41,42)17-20-6-4-5-8-23(20)44-28(30)31/h4-6,8-12,21-22,28H,2-3,7,13-18H2,1H3,(H,33,39)(H,34,40). The fourth-order valence-electron chi connectivity index (χ4n) is 4.61. The van der Waals surface area contributed by atoms with Crippen LogP contribution in [-0.4, -0.2) is 97.0 Å². The van der Waals surface area contributed by atoms with E-state index in [1.807, 2.05) is 6.92 Å². The number of hydrogen-bond donors (Lipinski definition) is 2. The quantitative estimate of drug-likeness (QED) is 0.228. The number of alkyl halides is 2. The van der Waals surface area contributed by atoms with Gasteiger partial charge in [0, 0.05) is 36.6 Å². The average molecular weight is 665 g/mol. The molecule has 2 N–H and O–H groups in total. The third kappa shape index (κ3) is 9.74. The average Bonchev–Trinajstić information content (AvgIpc) is 3.54. The van der Waals surface area contributed by atoms with Gasteiger partial charge in [-0.15, -0.1) is 10.2 Å². The zero-order chi connectivity index (χ0) is 33.1. The minimum Gasteiger partial charge on any atom is -0.435 e. The minimum atomic E-state index is -4.24. The lowest BCUT2D eigenvalue weighted by Gasteiger charge is -2.29. The van der Waals surface area contributed by atoms with Crippen molar-refractivity contribution in [2.24, 2.45) is 0 Å². The van der Waals surface area contributed by atoms with Crippen LogP contribution in [0.25, 0.3) is 11.5 Å². The van der Waals surface area contributed by atoms with Crippen molar-refractivity contribution in [1.82, 2.24) is 30.7 Å². The molecule has 2 unspecified atom stereocenters. The lowest BCUT2D eigenvalue weighted by molar-refractivity contribution is -0.123. The van der Waals surface area contributed by atoms with Gasteiger partial charge in [-0.05, 0) is 24.6 Å². The topological polar surface area (TPSA) is 183 Å². The molecule has 0 aliphatic carbocycles. The number of carbonyl (C=O) groups is 3. The molecule has 3 aromatic rings. The van der Waals surface area contributed by atoms with Crippen molar-refractivity contribution in [3.63, 3.8) is 0 Å². The number of nitrogens with one attached hydrogen (secondary N) is 2. The molecule has 17 heteroatoms. The summed E-state index contributed by atoms with van der Waals surface area (Å²) in [6.45, 7) is -0.386. The van der Waals surface area contributed by atoms with Gasteiger partial charge in [-0.2, -0.15) is 8.78 Å². The molecule has 1 aliphatic rings. The maximum atomic E-state index is 13.7. The fourth-order valence-corrected chi connectivity index (χ4v) is 6.18. The molecule has 1 saturated heterocycles. The summed E-state index contributed by atoms with van der Waals surface area (Å²) in [5.41, 5.74) is 0.464. The molecule has 1 fully saturated rings. The Morgan fingerprint density at radius 3 is 2.43 bits per heavy atom. The van der Waals surface area contributed by atoms with E-state index in [2.05, 4.69) is 30.6 Å². The van der Waals surface area contributed by atoms with Crippen molar-refractivity contribution < 1.29 is 45.5 Å². The van der Waals surface area contributed by atoms with Gasteiger partial charge in [-0.1, -0.05) is 38.0 Å². The Bertz CT molecular complexity index is 1590. The van der Waals surface area contributed by atoms with E-state index in [-0.39, 0.29) is 55.8 Å². The zero-order valence-corrected chi connectivity index (χ0v) is 25.8. The fraction of sp³-hybridized carbons (Fsp3) is 0.448. The van der Waals surface area contributed by atoms with Crippen molar-refractivity contribution in [1.29, 1.82) is 0 Å². The Kier molecular flexibility index (Phi) is 12.1. The number of nitrogens with zero attached hydrogens (tertiary/aromatic N) is 4. The highest BCUT2D eigenvalue weighted by Crippen LogP contribution is 2.23.